The number of hydrogen-bond acceptors (Lipinski definition) is 7. The average Bonchev–Trinajstić information content (AvgIpc) is 2.78. The maximum absolute atomic E-state index is 11.9. The molecule has 0 aliphatic rings. The molecule has 0 fully saturated rings. The van der Waals surface area contributed by atoms with Gasteiger partial charge in [0.05, 0.1) is 26.0 Å². The molecule has 2 amide bonds. The van der Waals surface area contributed by atoms with E-state index in [1.54, 1.807) is 20.8 Å². The number of ether oxygens (including phenoxy) is 1. The van der Waals surface area contributed by atoms with Gasteiger partial charge in [-0.05, 0) is 20.8 Å². The van der Waals surface area contributed by atoms with Crippen molar-refractivity contribution in [1.29, 1.82) is 0 Å². The van der Waals surface area contributed by atoms with Gasteiger partial charge in [0.2, 0.25) is 0 Å². The van der Waals surface area contributed by atoms with Crippen LogP contribution in [0, 0.1) is 0 Å². The highest BCUT2D eigenvalue weighted by atomic mass is 16.5. The molecule has 0 aromatic carbocycles. The van der Waals surface area contributed by atoms with Crippen molar-refractivity contribution in [3.8, 4) is 0 Å². The number of nitrogens with zero attached hydrogens (tertiary/aromatic N) is 2. The summed E-state index contributed by atoms with van der Waals surface area (Å²) in [6.45, 7) is 5.35. The predicted molar refractivity (Wildman–Crippen MR) is 87.2 cm³/mol. The molecule has 0 spiro atoms. The molecule has 6 N–H and O–H groups in total. The molecule has 136 valence electrons. The summed E-state index contributed by atoms with van der Waals surface area (Å²) in [7, 11) is 0. The third-order valence-corrected chi connectivity index (χ3v) is 2.85. The Morgan fingerprint density at radius 3 is 2.71 bits per heavy atom. The second-order valence-electron chi connectivity index (χ2n) is 6.19. The molecule has 0 saturated heterocycles. The van der Waals surface area contributed by atoms with E-state index in [0.717, 1.165) is 0 Å². The van der Waals surface area contributed by atoms with Gasteiger partial charge < -0.3 is 31.3 Å². The van der Waals surface area contributed by atoms with Gasteiger partial charge in [0.15, 0.2) is 0 Å². The highest BCUT2D eigenvalue weighted by Crippen LogP contribution is 2.17. The fourth-order valence-electron chi connectivity index (χ4n) is 1.72. The Balaban J connectivity index is 2.41. The van der Waals surface area contributed by atoms with Crippen LogP contribution in [0.15, 0.2) is 6.20 Å². The number of nitrogens with one attached hydrogen (secondary N) is 2. The minimum absolute atomic E-state index is 0.0614. The van der Waals surface area contributed by atoms with E-state index in [9.17, 15) is 14.7 Å². The average molecular weight is 343 g/mol. The fraction of sp³-hybridized carbons (Fsp3) is 0.643. The third-order valence-electron chi connectivity index (χ3n) is 2.85. The number of aromatic nitrogens is 2. The lowest BCUT2D eigenvalue weighted by molar-refractivity contribution is -0.124. The van der Waals surface area contributed by atoms with E-state index in [4.69, 9.17) is 15.6 Å². The minimum Gasteiger partial charge on any atom is -0.449 e. The van der Waals surface area contributed by atoms with Crippen molar-refractivity contribution in [3.05, 3.63) is 6.20 Å². The van der Waals surface area contributed by atoms with Crippen LogP contribution in [0.3, 0.4) is 0 Å². The largest absolute Gasteiger partial charge is 0.449 e. The molecule has 24 heavy (non-hydrogen) atoms. The van der Waals surface area contributed by atoms with Gasteiger partial charge in [0.25, 0.3) is 5.91 Å². The standard InChI is InChI=1S/C14H25N5O5/c1-14(2,3)18-13(23)24-7-4-10(21)12(22)17-9-8-16-19(5-6-20)11(9)15/h8,10,20-21H,4-7,15H2,1-3H3,(H,17,22)(H,18,23)/t10-/m0/s1. The van der Waals surface area contributed by atoms with E-state index in [-0.39, 0.29) is 37.7 Å². The molecule has 1 heterocycles. The van der Waals surface area contributed by atoms with Crippen LogP contribution < -0.4 is 16.4 Å². The number of rotatable bonds is 7. The molecule has 1 aromatic heterocycles. The molecule has 1 rings (SSSR count). The molecule has 0 radical (unpaired) electrons. The van der Waals surface area contributed by atoms with E-state index in [1.807, 2.05) is 0 Å². The van der Waals surface area contributed by atoms with Crippen LogP contribution in [-0.2, 0) is 16.1 Å². The summed E-state index contributed by atoms with van der Waals surface area (Å²) in [5.41, 5.74) is 5.56. The summed E-state index contributed by atoms with van der Waals surface area (Å²) in [6.07, 6.45) is -0.727. The van der Waals surface area contributed by atoms with Crippen molar-refractivity contribution in [2.75, 3.05) is 24.3 Å². The van der Waals surface area contributed by atoms with E-state index in [2.05, 4.69) is 15.7 Å². The van der Waals surface area contributed by atoms with Crippen molar-refractivity contribution in [1.82, 2.24) is 15.1 Å². The molecule has 1 atom stereocenters. The molecule has 0 aliphatic heterocycles. The Bertz CT molecular complexity index is 566. The van der Waals surface area contributed by atoms with Gasteiger partial charge in [-0.25, -0.2) is 9.48 Å². The lowest BCUT2D eigenvalue weighted by atomic mass is 10.1. The van der Waals surface area contributed by atoms with Crippen LogP contribution >= 0.6 is 0 Å². The normalized spacial score (nSPS) is 12.5. The number of anilines is 2. The Morgan fingerprint density at radius 1 is 1.46 bits per heavy atom. The molecular weight excluding hydrogens is 318 g/mol. The van der Waals surface area contributed by atoms with Gasteiger partial charge in [-0.2, -0.15) is 5.10 Å². The number of aliphatic hydroxyl groups excluding tert-OH is 2. The molecule has 10 heteroatoms. The molecule has 0 saturated carbocycles. The predicted octanol–water partition coefficient (Wildman–Crippen LogP) is -0.328. The molecule has 1 aromatic rings. The van der Waals surface area contributed by atoms with Crippen LogP contribution in [-0.4, -0.2) is 56.9 Å². The van der Waals surface area contributed by atoms with Crippen LogP contribution in [0.5, 0.6) is 0 Å². The third kappa shape index (κ3) is 6.42. The number of hydrogen-bond donors (Lipinski definition) is 5. The van der Waals surface area contributed by atoms with Gasteiger partial charge in [0.1, 0.15) is 17.6 Å². The first-order valence-corrected chi connectivity index (χ1v) is 7.50. The molecule has 10 nitrogen and oxygen atoms in total. The number of alkyl carbamates (subject to hydrolysis) is 1. The highest BCUT2D eigenvalue weighted by Gasteiger charge is 2.19. The Labute approximate surface area is 140 Å². The quantitative estimate of drug-likeness (QED) is 0.454. The summed E-state index contributed by atoms with van der Waals surface area (Å²) in [5, 5.41) is 27.6. The SMILES string of the molecule is CC(C)(C)NC(=O)OCC[C@H](O)C(=O)Nc1cnn(CCO)c1N. The second-order valence-corrected chi connectivity index (χ2v) is 6.19. The smallest absolute Gasteiger partial charge is 0.407 e. The van der Waals surface area contributed by atoms with E-state index >= 15 is 0 Å². The van der Waals surface area contributed by atoms with Crippen LogP contribution in [0.2, 0.25) is 0 Å². The first kappa shape index (κ1) is 19.7. The Kier molecular flexibility index (Phi) is 6.98. The first-order valence-electron chi connectivity index (χ1n) is 7.50. The maximum atomic E-state index is 11.9. The second kappa shape index (κ2) is 8.50. The summed E-state index contributed by atoms with van der Waals surface area (Å²) in [4.78, 5) is 23.3. The van der Waals surface area contributed by atoms with Crippen molar-refractivity contribution in [2.24, 2.45) is 0 Å². The zero-order valence-electron chi connectivity index (χ0n) is 14.1. The number of carbonyl (C=O) groups excluding carboxylic acids is 2. The van der Waals surface area contributed by atoms with Gasteiger partial charge in [-0.15, -0.1) is 0 Å². The zero-order valence-corrected chi connectivity index (χ0v) is 14.1. The first-order chi connectivity index (χ1) is 11.1. The number of carbonyl (C=O) groups is 2. The van der Waals surface area contributed by atoms with Crippen LogP contribution in [0.4, 0.5) is 16.3 Å². The molecular formula is C14H25N5O5. The lowest BCUT2D eigenvalue weighted by Gasteiger charge is -2.20. The Hall–Kier alpha value is -2.33. The van der Waals surface area contributed by atoms with Crippen molar-refractivity contribution >= 4 is 23.5 Å². The van der Waals surface area contributed by atoms with Gasteiger partial charge >= 0.3 is 6.09 Å². The lowest BCUT2D eigenvalue weighted by Crippen LogP contribution is -2.41. The number of aliphatic hydroxyl groups is 2. The van der Waals surface area contributed by atoms with Gasteiger partial charge in [-0.3, -0.25) is 4.79 Å². The Morgan fingerprint density at radius 2 is 2.12 bits per heavy atom. The number of nitrogens with two attached hydrogens (primary N) is 1. The fourth-order valence-corrected chi connectivity index (χ4v) is 1.72. The number of nitrogen functional groups attached to an aromatic ring is 1. The van der Waals surface area contributed by atoms with Crippen molar-refractivity contribution < 1.29 is 24.5 Å². The maximum Gasteiger partial charge on any atom is 0.407 e. The molecule has 0 unspecified atom stereocenters. The van der Waals surface area contributed by atoms with E-state index in [1.165, 1.54) is 10.9 Å². The topological polar surface area (TPSA) is 152 Å². The van der Waals surface area contributed by atoms with Gasteiger partial charge in [0, 0.05) is 12.0 Å². The summed E-state index contributed by atoms with van der Waals surface area (Å²) < 4.78 is 6.21. The summed E-state index contributed by atoms with van der Waals surface area (Å²) in [6, 6.07) is 0. The van der Waals surface area contributed by atoms with Crippen LogP contribution in [0.25, 0.3) is 0 Å². The van der Waals surface area contributed by atoms with Crippen molar-refractivity contribution in [3.63, 3.8) is 0 Å². The number of amides is 2. The van der Waals surface area contributed by atoms with Crippen molar-refractivity contribution in [2.45, 2.75) is 45.4 Å². The molecule has 0 bridgehead atoms. The minimum atomic E-state index is -1.37. The summed E-state index contributed by atoms with van der Waals surface area (Å²) in [5.74, 6) is -0.518. The zero-order chi connectivity index (χ0) is 18.3. The highest BCUT2D eigenvalue weighted by molar-refractivity contribution is 5.96. The van der Waals surface area contributed by atoms with E-state index < -0.39 is 23.6 Å². The summed E-state index contributed by atoms with van der Waals surface area (Å²) >= 11 is 0. The molecule has 0 aliphatic carbocycles. The monoisotopic (exact) mass is 343 g/mol. The van der Waals surface area contributed by atoms with Crippen LogP contribution in [0.1, 0.15) is 27.2 Å². The van der Waals surface area contributed by atoms with Gasteiger partial charge in [-0.1, -0.05) is 0 Å². The van der Waals surface area contributed by atoms with E-state index in [0.29, 0.717) is 0 Å².